The first-order valence-corrected chi connectivity index (χ1v) is 6.67. The third-order valence-electron chi connectivity index (χ3n) is 4.20. The molecule has 1 aromatic rings. The maximum atomic E-state index is 5.98. The number of hydrogen-bond acceptors (Lipinski definition) is 2. The Labute approximate surface area is 105 Å². The van der Waals surface area contributed by atoms with Crippen LogP contribution in [0.3, 0.4) is 0 Å². The lowest BCUT2D eigenvalue weighted by molar-refractivity contribution is 0.341. The lowest BCUT2D eigenvalue weighted by Gasteiger charge is -2.35. The molecule has 1 aromatic carbocycles. The van der Waals surface area contributed by atoms with Crippen molar-refractivity contribution in [2.75, 3.05) is 17.7 Å². The molecule has 0 aliphatic heterocycles. The van der Waals surface area contributed by atoms with E-state index in [1.807, 2.05) is 0 Å². The van der Waals surface area contributed by atoms with Crippen molar-refractivity contribution in [2.45, 2.75) is 45.6 Å². The van der Waals surface area contributed by atoms with Crippen LogP contribution in [0.25, 0.3) is 0 Å². The minimum Gasteiger partial charge on any atom is -0.398 e. The standard InChI is InChI=1S/C15H24N2/c1-11-4-7-13(8-5-11)17(3)14-9-6-12(2)15(16)10-14/h6,9-11,13H,4-5,7-8,16H2,1-3H3. The second kappa shape index (κ2) is 4.99. The molecule has 0 amide bonds. The average molecular weight is 232 g/mol. The number of rotatable bonds is 2. The van der Waals surface area contributed by atoms with Crippen LogP contribution in [0, 0.1) is 12.8 Å². The Kier molecular flexibility index (Phi) is 3.60. The molecule has 0 spiro atoms. The Bertz CT molecular complexity index is 379. The topological polar surface area (TPSA) is 29.3 Å². The van der Waals surface area contributed by atoms with Crippen LogP contribution in [-0.4, -0.2) is 13.1 Å². The molecule has 2 heteroatoms. The predicted octanol–water partition coefficient (Wildman–Crippen LogP) is 3.59. The fourth-order valence-corrected chi connectivity index (χ4v) is 2.69. The highest BCUT2D eigenvalue weighted by Gasteiger charge is 2.21. The summed E-state index contributed by atoms with van der Waals surface area (Å²) < 4.78 is 0. The third kappa shape index (κ3) is 2.74. The van der Waals surface area contributed by atoms with Crippen molar-refractivity contribution in [2.24, 2.45) is 5.92 Å². The molecule has 0 saturated heterocycles. The maximum absolute atomic E-state index is 5.98. The molecule has 1 aliphatic rings. The Balaban J connectivity index is 2.08. The van der Waals surface area contributed by atoms with Crippen molar-refractivity contribution in [3.05, 3.63) is 23.8 Å². The highest BCUT2D eigenvalue weighted by atomic mass is 15.1. The molecule has 0 aromatic heterocycles. The van der Waals surface area contributed by atoms with Gasteiger partial charge >= 0.3 is 0 Å². The molecule has 0 bridgehead atoms. The van der Waals surface area contributed by atoms with Crippen LogP contribution in [0.4, 0.5) is 11.4 Å². The van der Waals surface area contributed by atoms with Crippen LogP contribution in [0.1, 0.15) is 38.2 Å². The van der Waals surface area contributed by atoms with Gasteiger partial charge in [-0.05, 0) is 56.2 Å². The van der Waals surface area contributed by atoms with Gasteiger partial charge in [-0.1, -0.05) is 13.0 Å². The molecule has 1 aliphatic carbocycles. The van der Waals surface area contributed by atoms with Crippen LogP contribution in [0.15, 0.2) is 18.2 Å². The van der Waals surface area contributed by atoms with E-state index < -0.39 is 0 Å². The molecule has 0 unspecified atom stereocenters. The zero-order valence-corrected chi connectivity index (χ0v) is 11.2. The molecular weight excluding hydrogens is 208 g/mol. The Morgan fingerprint density at radius 3 is 2.41 bits per heavy atom. The Morgan fingerprint density at radius 1 is 1.18 bits per heavy atom. The van der Waals surface area contributed by atoms with Crippen molar-refractivity contribution in [1.82, 2.24) is 0 Å². The van der Waals surface area contributed by atoms with Crippen molar-refractivity contribution in [3.8, 4) is 0 Å². The van der Waals surface area contributed by atoms with Gasteiger partial charge in [0.2, 0.25) is 0 Å². The molecule has 17 heavy (non-hydrogen) atoms. The van der Waals surface area contributed by atoms with E-state index in [0.717, 1.165) is 11.6 Å². The molecule has 1 fully saturated rings. The summed E-state index contributed by atoms with van der Waals surface area (Å²) in [5, 5.41) is 0. The van der Waals surface area contributed by atoms with Gasteiger partial charge in [-0.15, -0.1) is 0 Å². The van der Waals surface area contributed by atoms with Crippen molar-refractivity contribution >= 4 is 11.4 Å². The summed E-state index contributed by atoms with van der Waals surface area (Å²) in [6.45, 7) is 4.42. The lowest BCUT2D eigenvalue weighted by atomic mass is 9.86. The van der Waals surface area contributed by atoms with Crippen LogP contribution < -0.4 is 10.6 Å². The molecule has 0 heterocycles. The average Bonchev–Trinajstić information content (AvgIpc) is 2.33. The smallest absolute Gasteiger partial charge is 0.0386 e. The van der Waals surface area contributed by atoms with Crippen LogP contribution >= 0.6 is 0 Å². The molecule has 2 N–H and O–H groups in total. The van der Waals surface area contributed by atoms with E-state index in [1.165, 1.54) is 36.9 Å². The van der Waals surface area contributed by atoms with Crippen molar-refractivity contribution in [3.63, 3.8) is 0 Å². The van der Waals surface area contributed by atoms with Crippen LogP contribution in [0.2, 0.25) is 0 Å². The van der Waals surface area contributed by atoms with Gasteiger partial charge in [0.05, 0.1) is 0 Å². The number of benzene rings is 1. The summed E-state index contributed by atoms with van der Waals surface area (Å²) in [7, 11) is 2.20. The van der Waals surface area contributed by atoms with Crippen molar-refractivity contribution in [1.29, 1.82) is 0 Å². The molecule has 2 rings (SSSR count). The van der Waals surface area contributed by atoms with Gasteiger partial charge in [0, 0.05) is 24.5 Å². The van der Waals surface area contributed by atoms with E-state index in [-0.39, 0.29) is 0 Å². The van der Waals surface area contributed by atoms with E-state index in [9.17, 15) is 0 Å². The normalized spacial score (nSPS) is 24.6. The van der Waals surface area contributed by atoms with Gasteiger partial charge in [-0.2, -0.15) is 0 Å². The maximum Gasteiger partial charge on any atom is 0.0386 e. The SMILES string of the molecule is Cc1ccc(N(C)C2CCC(C)CC2)cc1N. The summed E-state index contributed by atoms with van der Waals surface area (Å²) in [4.78, 5) is 2.40. The molecule has 2 nitrogen and oxygen atoms in total. The Morgan fingerprint density at radius 2 is 1.82 bits per heavy atom. The minimum atomic E-state index is 0.688. The monoisotopic (exact) mass is 232 g/mol. The molecule has 0 atom stereocenters. The number of anilines is 2. The van der Waals surface area contributed by atoms with E-state index in [4.69, 9.17) is 5.73 Å². The number of nitrogen functional groups attached to an aromatic ring is 1. The second-order valence-electron chi connectivity index (χ2n) is 5.57. The van der Waals surface area contributed by atoms with E-state index in [1.54, 1.807) is 0 Å². The van der Waals surface area contributed by atoms with Gasteiger partial charge in [0.25, 0.3) is 0 Å². The van der Waals surface area contributed by atoms with E-state index in [0.29, 0.717) is 6.04 Å². The minimum absolute atomic E-state index is 0.688. The van der Waals surface area contributed by atoms with Gasteiger partial charge in [-0.25, -0.2) is 0 Å². The van der Waals surface area contributed by atoms with E-state index in [2.05, 4.69) is 44.0 Å². The molecule has 0 radical (unpaired) electrons. The van der Waals surface area contributed by atoms with Gasteiger partial charge in [0.1, 0.15) is 0 Å². The van der Waals surface area contributed by atoms with E-state index >= 15 is 0 Å². The van der Waals surface area contributed by atoms with Crippen LogP contribution in [0.5, 0.6) is 0 Å². The summed E-state index contributed by atoms with van der Waals surface area (Å²) in [6.07, 6.45) is 5.34. The zero-order valence-electron chi connectivity index (χ0n) is 11.2. The molecule has 94 valence electrons. The number of nitrogens with two attached hydrogens (primary N) is 1. The number of nitrogens with zero attached hydrogens (tertiary/aromatic N) is 1. The first-order valence-electron chi connectivity index (χ1n) is 6.67. The van der Waals surface area contributed by atoms with Gasteiger partial charge < -0.3 is 10.6 Å². The highest BCUT2D eigenvalue weighted by molar-refractivity contribution is 5.59. The largest absolute Gasteiger partial charge is 0.398 e. The second-order valence-corrected chi connectivity index (χ2v) is 5.57. The summed E-state index contributed by atoms with van der Waals surface area (Å²) in [5.41, 5.74) is 9.31. The fourth-order valence-electron chi connectivity index (χ4n) is 2.69. The number of hydrogen-bond donors (Lipinski definition) is 1. The fraction of sp³-hybridized carbons (Fsp3) is 0.600. The third-order valence-corrected chi connectivity index (χ3v) is 4.20. The summed E-state index contributed by atoms with van der Waals surface area (Å²) in [5.74, 6) is 0.905. The first-order chi connectivity index (χ1) is 8.08. The first kappa shape index (κ1) is 12.3. The zero-order chi connectivity index (χ0) is 12.4. The lowest BCUT2D eigenvalue weighted by Crippen LogP contribution is -2.34. The quantitative estimate of drug-likeness (QED) is 0.790. The summed E-state index contributed by atoms with van der Waals surface area (Å²) >= 11 is 0. The van der Waals surface area contributed by atoms with Crippen molar-refractivity contribution < 1.29 is 0 Å². The van der Waals surface area contributed by atoms with Gasteiger partial charge in [0.15, 0.2) is 0 Å². The molecule has 1 saturated carbocycles. The van der Waals surface area contributed by atoms with Gasteiger partial charge in [-0.3, -0.25) is 0 Å². The molecular formula is C15H24N2. The summed E-state index contributed by atoms with van der Waals surface area (Å²) in [6, 6.07) is 7.09. The predicted molar refractivity (Wildman–Crippen MR) is 75.4 cm³/mol. The number of aryl methyl sites for hydroxylation is 1. The Hall–Kier alpha value is -1.18. The highest BCUT2D eigenvalue weighted by Crippen LogP contribution is 2.30. The van der Waals surface area contributed by atoms with Crippen LogP contribution in [-0.2, 0) is 0 Å².